The predicted octanol–water partition coefficient (Wildman–Crippen LogP) is 1.81. The summed E-state index contributed by atoms with van der Waals surface area (Å²) in [7, 11) is 3.53. The number of nitrogens with zero attached hydrogens (tertiary/aromatic N) is 2. The number of rotatable bonds is 6. The number of hydrogen-bond acceptors (Lipinski definition) is 3. The summed E-state index contributed by atoms with van der Waals surface area (Å²) >= 11 is 0. The fraction of sp³-hybridized carbons (Fsp3) is 0.636. The molecular formula is C22H32N4O2. The highest BCUT2D eigenvalue weighted by Gasteiger charge is 2.66. The SMILES string of the molecule is CN(C)C(=O)CN=C(NCCc1ccccc1)NC1C2CCOC2C12CCC2. The van der Waals surface area contributed by atoms with E-state index in [1.54, 1.807) is 19.0 Å². The van der Waals surface area contributed by atoms with E-state index in [9.17, 15) is 4.79 Å². The Hall–Kier alpha value is -2.08. The van der Waals surface area contributed by atoms with E-state index in [0.29, 0.717) is 18.1 Å². The molecule has 1 heterocycles. The van der Waals surface area contributed by atoms with Crippen LogP contribution in [0.4, 0.5) is 0 Å². The van der Waals surface area contributed by atoms with Gasteiger partial charge in [0, 0.05) is 44.6 Å². The van der Waals surface area contributed by atoms with Crippen LogP contribution in [0.1, 0.15) is 31.2 Å². The molecular weight excluding hydrogens is 352 g/mol. The second kappa shape index (κ2) is 8.11. The van der Waals surface area contributed by atoms with Crippen molar-refractivity contribution >= 4 is 11.9 Å². The maximum Gasteiger partial charge on any atom is 0.243 e. The van der Waals surface area contributed by atoms with Gasteiger partial charge in [-0.1, -0.05) is 36.8 Å². The lowest BCUT2D eigenvalue weighted by molar-refractivity contribution is -0.171. The van der Waals surface area contributed by atoms with E-state index in [0.717, 1.165) is 32.0 Å². The number of aliphatic imine (C=N–C) groups is 1. The first kappa shape index (κ1) is 19.2. The van der Waals surface area contributed by atoms with Gasteiger partial charge in [-0.15, -0.1) is 0 Å². The van der Waals surface area contributed by atoms with E-state index in [1.165, 1.54) is 24.8 Å². The van der Waals surface area contributed by atoms with Gasteiger partial charge in [-0.25, -0.2) is 4.99 Å². The molecule has 2 saturated carbocycles. The molecule has 3 fully saturated rings. The fourth-order valence-electron chi connectivity index (χ4n) is 5.01. The summed E-state index contributed by atoms with van der Waals surface area (Å²) in [6.45, 7) is 1.83. The molecule has 1 spiro atoms. The van der Waals surface area contributed by atoms with Gasteiger partial charge in [-0.3, -0.25) is 4.79 Å². The molecule has 0 aromatic heterocycles. The molecule has 1 saturated heterocycles. The van der Waals surface area contributed by atoms with Crippen molar-refractivity contribution in [1.82, 2.24) is 15.5 Å². The Balaban J connectivity index is 1.40. The number of carbonyl (C=O) groups excluding carboxylic acids is 1. The summed E-state index contributed by atoms with van der Waals surface area (Å²) < 4.78 is 6.03. The lowest BCUT2D eigenvalue weighted by Gasteiger charge is -2.63. The molecule has 1 aromatic rings. The van der Waals surface area contributed by atoms with Crippen molar-refractivity contribution in [1.29, 1.82) is 0 Å². The van der Waals surface area contributed by atoms with Gasteiger partial charge in [-0.2, -0.15) is 0 Å². The van der Waals surface area contributed by atoms with E-state index >= 15 is 0 Å². The molecule has 152 valence electrons. The Bertz CT molecular complexity index is 715. The Morgan fingerprint density at radius 2 is 2.07 bits per heavy atom. The number of nitrogens with one attached hydrogen (secondary N) is 2. The van der Waals surface area contributed by atoms with Crippen LogP contribution in [0.5, 0.6) is 0 Å². The number of carbonyl (C=O) groups is 1. The summed E-state index contributed by atoms with van der Waals surface area (Å²) in [5.41, 5.74) is 1.58. The second-order valence-corrected chi connectivity index (χ2v) is 8.57. The predicted molar refractivity (Wildman–Crippen MR) is 110 cm³/mol. The van der Waals surface area contributed by atoms with Crippen molar-refractivity contribution in [3.05, 3.63) is 35.9 Å². The van der Waals surface area contributed by atoms with E-state index < -0.39 is 0 Å². The third kappa shape index (κ3) is 3.62. The summed E-state index contributed by atoms with van der Waals surface area (Å²) in [6, 6.07) is 10.8. The monoisotopic (exact) mass is 384 g/mol. The highest BCUT2D eigenvalue weighted by atomic mass is 16.5. The molecule has 4 rings (SSSR count). The first-order chi connectivity index (χ1) is 13.6. The van der Waals surface area contributed by atoms with Crippen LogP contribution in [0.15, 0.2) is 35.3 Å². The summed E-state index contributed by atoms with van der Waals surface area (Å²) in [5.74, 6) is 1.34. The highest BCUT2D eigenvalue weighted by Crippen LogP contribution is 2.62. The quantitative estimate of drug-likeness (QED) is 0.580. The Morgan fingerprint density at radius 1 is 1.29 bits per heavy atom. The summed E-state index contributed by atoms with van der Waals surface area (Å²) in [5, 5.41) is 7.14. The van der Waals surface area contributed by atoms with Crippen LogP contribution in [0.25, 0.3) is 0 Å². The molecule has 2 aliphatic carbocycles. The first-order valence-electron chi connectivity index (χ1n) is 10.5. The minimum atomic E-state index is 0.0122. The van der Waals surface area contributed by atoms with Crippen molar-refractivity contribution in [2.24, 2.45) is 16.3 Å². The number of likely N-dealkylation sites (N-methyl/N-ethyl adjacent to an activating group) is 1. The van der Waals surface area contributed by atoms with Crippen molar-refractivity contribution in [2.75, 3.05) is 33.8 Å². The molecule has 28 heavy (non-hydrogen) atoms. The first-order valence-corrected chi connectivity index (χ1v) is 10.5. The van der Waals surface area contributed by atoms with Crippen molar-refractivity contribution < 1.29 is 9.53 Å². The van der Waals surface area contributed by atoms with Gasteiger partial charge in [0.15, 0.2) is 5.96 Å². The largest absolute Gasteiger partial charge is 0.377 e. The molecule has 0 radical (unpaired) electrons. The third-order valence-corrected chi connectivity index (χ3v) is 6.75. The lowest BCUT2D eigenvalue weighted by atomic mass is 9.46. The number of fused-ring (bicyclic) bond motifs is 2. The Labute approximate surface area is 167 Å². The smallest absolute Gasteiger partial charge is 0.243 e. The van der Waals surface area contributed by atoms with Crippen LogP contribution in [-0.2, 0) is 16.0 Å². The summed E-state index contributed by atoms with van der Waals surface area (Å²) in [6.07, 6.45) is 6.23. The van der Waals surface area contributed by atoms with E-state index in [1.807, 2.05) is 6.07 Å². The molecule has 3 atom stereocenters. The molecule has 1 amide bonds. The molecule has 1 aromatic carbocycles. The second-order valence-electron chi connectivity index (χ2n) is 8.57. The maximum absolute atomic E-state index is 12.0. The zero-order chi connectivity index (χ0) is 19.6. The van der Waals surface area contributed by atoms with Gasteiger partial charge in [0.2, 0.25) is 5.91 Å². The normalized spacial score (nSPS) is 27.5. The summed E-state index contributed by atoms with van der Waals surface area (Å²) in [4.78, 5) is 18.2. The van der Waals surface area contributed by atoms with E-state index in [2.05, 4.69) is 39.9 Å². The fourth-order valence-corrected chi connectivity index (χ4v) is 5.01. The molecule has 6 heteroatoms. The van der Waals surface area contributed by atoms with Crippen LogP contribution in [0.3, 0.4) is 0 Å². The van der Waals surface area contributed by atoms with Crippen molar-refractivity contribution in [3.63, 3.8) is 0 Å². The molecule has 3 aliphatic rings. The van der Waals surface area contributed by atoms with Gasteiger partial charge >= 0.3 is 0 Å². The van der Waals surface area contributed by atoms with Gasteiger partial charge in [0.1, 0.15) is 6.54 Å². The minimum absolute atomic E-state index is 0.0122. The van der Waals surface area contributed by atoms with Crippen LogP contribution in [-0.4, -0.2) is 62.7 Å². The average molecular weight is 385 g/mol. The van der Waals surface area contributed by atoms with E-state index in [4.69, 9.17) is 4.74 Å². The van der Waals surface area contributed by atoms with Crippen molar-refractivity contribution in [2.45, 2.75) is 44.2 Å². The number of guanidine groups is 1. The maximum atomic E-state index is 12.0. The third-order valence-electron chi connectivity index (χ3n) is 6.75. The molecule has 1 aliphatic heterocycles. The number of ether oxygens (including phenoxy) is 1. The zero-order valence-corrected chi connectivity index (χ0v) is 17.0. The highest BCUT2D eigenvalue weighted by molar-refractivity contribution is 5.85. The number of hydrogen-bond donors (Lipinski definition) is 2. The van der Waals surface area contributed by atoms with Crippen LogP contribution in [0.2, 0.25) is 0 Å². The Morgan fingerprint density at radius 3 is 2.75 bits per heavy atom. The van der Waals surface area contributed by atoms with Gasteiger partial charge in [0.05, 0.1) is 6.10 Å². The molecule has 6 nitrogen and oxygen atoms in total. The van der Waals surface area contributed by atoms with Gasteiger partial charge < -0.3 is 20.3 Å². The van der Waals surface area contributed by atoms with Crippen LogP contribution >= 0.6 is 0 Å². The standard InChI is InChI=1S/C22H32N4O2/c1-26(2)18(27)15-24-21(23-13-9-16-7-4-3-5-8-16)25-19-17-10-14-28-20(17)22(19)11-6-12-22/h3-5,7-8,17,19-20H,6,9-15H2,1-2H3,(H2,23,24,25). The number of benzene rings is 1. The van der Waals surface area contributed by atoms with Crippen LogP contribution < -0.4 is 10.6 Å². The topological polar surface area (TPSA) is 66.0 Å². The average Bonchev–Trinajstić information content (AvgIpc) is 3.07. The van der Waals surface area contributed by atoms with Crippen molar-refractivity contribution in [3.8, 4) is 0 Å². The zero-order valence-electron chi connectivity index (χ0n) is 17.0. The molecule has 2 N–H and O–H groups in total. The van der Waals surface area contributed by atoms with Gasteiger partial charge in [0.25, 0.3) is 0 Å². The molecule has 3 unspecified atom stereocenters. The van der Waals surface area contributed by atoms with Gasteiger partial charge in [-0.05, 0) is 31.2 Å². The number of amides is 1. The lowest BCUT2D eigenvalue weighted by Crippen LogP contribution is -2.72. The van der Waals surface area contributed by atoms with Crippen LogP contribution in [0, 0.1) is 11.3 Å². The minimum Gasteiger partial charge on any atom is -0.377 e. The molecule has 0 bridgehead atoms. The Kier molecular flexibility index (Phi) is 5.58. The van der Waals surface area contributed by atoms with E-state index in [-0.39, 0.29) is 17.9 Å².